The van der Waals surface area contributed by atoms with Crippen molar-refractivity contribution in [3.05, 3.63) is 29.8 Å². The topological polar surface area (TPSA) is 89.8 Å². The van der Waals surface area contributed by atoms with Crippen LogP contribution in [0.1, 0.15) is 17.3 Å². The van der Waals surface area contributed by atoms with E-state index < -0.39 is 12.1 Å². The van der Waals surface area contributed by atoms with Crippen molar-refractivity contribution >= 4 is 11.7 Å². The van der Waals surface area contributed by atoms with Crippen LogP contribution in [0, 0.1) is 0 Å². The second-order valence-corrected chi connectivity index (χ2v) is 3.17. The van der Waals surface area contributed by atoms with Crippen molar-refractivity contribution in [1.82, 2.24) is 0 Å². The van der Waals surface area contributed by atoms with Crippen LogP contribution < -0.4 is 5.32 Å². The Morgan fingerprint density at radius 2 is 2.06 bits per heavy atom. The molecule has 0 heterocycles. The highest BCUT2D eigenvalue weighted by atomic mass is 16.4. The lowest BCUT2D eigenvalue weighted by molar-refractivity contribution is 0.0697. The summed E-state index contributed by atoms with van der Waals surface area (Å²) in [5.74, 6) is -0.901. The van der Waals surface area contributed by atoms with E-state index in [0.29, 0.717) is 5.56 Å². The molecule has 1 aromatic carbocycles. The summed E-state index contributed by atoms with van der Waals surface area (Å²) in [5, 5.41) is 27.4. The molecule has 0 radical (unpaired) electrons. The summed E-state index contributed by atoms with van der Waals surface area (Å²) in [6.45, 7) is 1.39. The van der Waals surface area contributed by atoms with Crippen LogP contribution in [0.2, 0.25) is 0 Å². The molecular weight excluding hydrogens is 210 g/mol. The van der Waals surface area contributed by atoms with E-state index in [0.717, 1.165) is 5.69 Å². The second-order valence-electron chi connectivity index (χ2n) is 3.17. The highest BCUT2D eigenvalue weighted by molar-refractivity contribution is 5.88. The molecule has 4 N–H and O–H groups in total. The third-order valence-corrected chi connectivity index (χ3v) is 1.66. The number of nitrogens with one attached hydrogen (secondary N) is 1. The Morgan fingerprint density at radius 3 is 2.44 bits per heavy atom. The molecule has 1 unspecified atom stereocenters. The van der Waals surface area contributed by atoms with Crippen LogP contribution in [0.5, 0.6) is 0 Å². The molecule has 0 aliphatic carbocycles. The van der Waals surface area contributed by atoms with Crippen molar-refractivity contribution in [1.29, 1.82) is 0 Å². The van der Waals surface area contributed by atoms with Gasteiger partial charge in [-0.05, 0) is 25.1 Å². The minimum Gasteiger partial charge on any atom is -0.478 e. The van der Waals surface area contributed by atoms with Gasteiger partial charge >= 0.3 is 5.97 Å². The number of hydrogen-bond donors (Lipinski definition) is 4. The van der Waals surface area contributed by atoms with Gasteiger partial charge in [-0.3, -0.25) is 0 Å². The standard InChI is InChI=1S/C8H9NO2.C3H8O2/c1-9-7-4-2-3-6(5-7)8(10)11;1-3(5)2-4/h2-5,9H,1H3,(H,10,11);3-5H,2H2,1H3. The largest absolute Gasteiger partial charge is 0.478 e. The molecule has 1 atom stereocenters. The predicted molar refractivity (Wildman–Crippen MR) is 61.7 cm³/mol. The molecule has 1 aromatic rings. The van der Waals surface area contributed by atoms with Crippen LogP contribution in [0.25, 0.3) is 0 Å². The molecule has 0 aromatic heterocycles. The van der Waals surface area contributed by atoms with Gasteiger partial charge in [-0.25, -0.2) is 4.79 Å². The summed E-state index contributed by atoms with van der Waals surface area (Å²) in [6, 6.07) is 6.66. The zero-order chi connectivity index (χ0) is 12.6. The van der Waals surface area contributed by atoms with Crippen molar-refractivity contribution in [2.75, 3.05) is 19.0 Å². The lowest BCUT2D eigenvalue weighted by Gasteiger charge is -1.99. The SMILES string of the molecule is CC(O)CO.CNc1cccc(C(=O)O)c1. The van der Waals surface area contributed by atoms with Crippen LogP contribution >= 0.6 is 0 Å². The van der Waals surface area contributed by atoms with Gasteiger partial charge in [-0.15, -0.1) is 0 Å². The average molecular weight is 227 g/mol. The number of benzene rings is 1. The first-order valence-corrected chi connectivity index (χ1v) is 4.81. The van der Waals surface area contributed by atoms with E-state index in [1.807, 2.05) is 6.07 Å². The number of carboxylic acids is 1. The number of rotatable bonds is 3. The fraction of sp³-hybridized carbons (Fsp3) is 0.364. The normalized spacial score (nSPS) is 11.0. The highest BCUT2D eigenvalue weighted by Gasteiger charge is 2.00. The molecule has 0 spiro atoms. The van der Waals surface area contributed by atoms with Gasteiger partial charge in [0.1, 0.15) is 0 Å². The van der Waals surface area contributed by atoms with Gasteiger partial charge in [0.05, 0.1) is 18.3 Å². The van der Waals surface area contributed by atoms with E-state index >= 15 is 0 Å². The van der Waals surface area contributed by atoms with E-state index in [-0.39, 0.29) is 6.61 Å². The monoisotopic (exact) mass is 227 g/mol. The van der Waals surface area contributed by atoms with E-state index in [4.69, 9.17) is 15.3 Å². The van der Waals surface area contributed by atoms with E-state index in [1.165, 1.54) is 6.92 Å². The van der Waals surface area contributed by atoms with Crippen molar-refractivity contribution in [2.45, 2.75) is 13.0 Å². The second kappa shape index (κ2) is 7.67. The fourth-order valence-corrected chi connectivity index (χ4v) is 0.808. The highest BCUT2D eigenvalue weighted by Crippen LogP contribution is 2.08. The summed E-state index contributed by atoms with van der Waals surface area (Å²) >= 11 is 0. The zero-order valence-electron chi connectivity index (χ0n) is 9.34. The van der Waals surface area contributed by atoms with Crippen molar-refractivity contribution in [3.8, 4) is 0 Å². The fourth-order valence-electron chi connectivity index (χ4n) is 0.808. The van der Waals surface area contributed by atoms with Gasteiger partial charge in [0.25, 0.3) is 0 Å². The van der Waals surface area contributed by atoms with Crippen LogP contribution in [-0.4, -0.2) is 41.0 Å². The minimum atomic E-state index is -0.901. The molecule has 5 nitrogen and oxygen atoms in total. The average Bonchev–Trinajstić information content (AvgIpc) is 2.29. The molecule has 0 fully saturated rings. The predicted octanol–water partition coefficient (Wildman–Crippen LogP) is 0.786. The van der Waals surface area contributed by atoms with Gasteiger partial charge in [0, 0.05) is 12.7 Å². The van der Waals surface area contributed by atoms with Crippen molar-refractivity contribution < 1.29 is 20.1 Å². The van der Waals surface area contributed by atoms with Crippen molar-refractivity contribution in [3.63, 3.8) is 0 Å². The molecule has 0 bridgehead atoms. The Kier molecular flexibility index (Phi) is 6.91. The van der Waals surface area contributed by atoms with E-state index in [9.17, 15) is 4.79 Å². The molecule has 16 heavy (non-hydrogen) atoms. The first-order valence-electron chi connectivity index (χ1n) is 4.81. The smallest absolute Gasteiger partial charge is 0.335 e. The molecule has 90 valence electrons. The van der Waals surface area contributed by atoms with Gasteiger partial charge in [-0.2, -0.15) is 0 Å². The summed E-state index contributed by atoms with van der Waals surface area (Å²) in [5.41, 5.74) is 1.11. The third-order valence-electron chi connectivity index (χ3n) is 1.66. The first-order chi connectivity index (χ1) is 7.51. The summed E-state index contributed by atoms with van der Waals surface area (Å²) in [6.07, 6.45) is -0.560. The number of carboxylic acid groups (broad SMARTS) is 1. The summed E-state index contributed by atoms with van der Waals surface area (Å²) in [4.78, 5) is 10.4. The third kappa shape index (κ3) is 6.00. The maximum Gasteiger partial charge on any atom is 0.335 e. The van der Waals surface area contributed by atoms with Crippen LogP contribution in [-0.2, 0) is 0 Å². The number of aliphatic hydroxyl groups is 2. The molecule has 5 heteroatoms. The number of aromatic carboxylic acids is 1. The van der Waals surface area contributed by atoms with E-state index in [1.54, 1.807) is 25.2 Å². The maximum atomic E-state index is 10.4. The number of aliphatic hydroxyl groups excluding tert-OH is 2. The molecule has 0 saturated carbocycles. The van der Waals surface area contributed by atoms with Crippen LogP contribution in [0.4, 0.5) is 5.69 Å². The summed E-state index contributed by atoms with van der Waals surface area (Å²) in [7, 11) is 1.75. The zero-order valence-corrected chi connectivity index (χ0v) is 9.34. The molecule has 0 aliphatic rings. The molecule has 0 amide bonds. The van der Waals surface area contributed by atoms with Crippen LogP contribution in [0.3, 0.4) is 0 Å². The van der Waals surface area contributed by atoms with Gasteiger partial charge < -0.3 is 20.6 Å². The van der Waals surface area contributed by atoms with Gasteiger partial charge in [0.2, 0.25) is 0 Å². The number of hydrogen-bond acceptors (Lipinski definition) is 4. The quantitative estimate of drug-likeness (QED) is 0.613. The van der Waals surface area contributed by atoms with Gasteiger partial charge in [0.15, 0.2) is 0 Å². The lowest BCUT2D eigenvalue weighted by atomic mass is 10.2. The molecule has 1 rings (SSSR count). The lowest BCUT2D eigenvalue weighted by Crippen LogP contribution is -2.03. The van der Waals surface area contributed by atoms with Crippen LogP contribution in [0.15, 0.2) is 24.3 Å². The Balaban J connectivity index is 0.000000385. The Labute approximate surface area is 94.4 Å². The minimum absolute atomic E-state index is 0.139. The Morgan fingerprint density at radius 1 is 1.50 bits per heavy atom. The van der Waals surface area contributed by atoms with Gasteiger partial charge in [-0.1, -0.05) is 6.07 Å². The molecule has 0 saturated heterocycles. The first kappa shape index (κ1) is 14.4. The maximum absolute atomic E-state index is 10.4. The number of carbonyl (C=O) groups is 1. The number of anilines is 1. The Hall–Kier alpha value is -1.59. The summed E-state index contributed by atoms with van der Waals surface area (Å²) < 4.78 is 0. The Bertz CT molecular complexity index is 326. The molecular formula is C11H17NO4. The molecule has 0 aliphatic heterocycles. The van der Waals surface area contributed by atoms with E-state index in [2.05, 4.69) is 5.32 Å². The van der Waals surface area contributed by atoms with Crippen molar-refractivity contribution in [2.24, 2.45) is 0 Å².